The van der Waals surface area contributed by atoms with Crippen molar-refractivity contribution in [2.75, 3.05) is 0 Å². The minimum Gasteiger partial charge on any atom is -0.383 e. The van der Waals surface area contributed by atoms with Gasteiger partial charge in [-0.15, -0.1) is 0 Å². The summed E-state index contributed by atoms with van der Waals surface area (Å²) in [6.45, 7) is 0. The Balaban J connectivity index is 1.91. The van der Waals surface area contributed by atoms with E-state index in [0.717, 1.165) is 11.1 Å². The van der Waals surface area contributed by atoms with Crippen LogP contribution in [0.15, 0.2) is 70.9 Å². The van der Waals surface area contributed by atoms with Gasteiger partial charge >= 0.3 is 0 Å². The summed E-state index contributed by atoms with van der Waals surface area (Å²) in [5.41, 5.74) is 1.49. The van der Waals surface area contributed by atoms with Gasteiger partial charge in [0.05, 0.1) is 12.4 Å². The van der Waals surface area contributed by atoms with Gasteiger partial charge in [-0.1, -0.05) is 60.7 Å². The summed E-state index contributed by atoms with van der Waals surface area (Å²) in [6.07, 6.45) is 1.04. The molecule has 0 aromatic heterocycles. The number of hydrogen-bond donors (Lipinski definition) is 2. The van der Waals surface area contributed by atoms with E-state index in [2.05, 4.69) is 10.2 Å². The molecule has 0 aliphatic heterocycles. The van der Waals surface area contributed by atoms with Crippen LogP contribution in [0.1, 0.15) is 23.3 Å². The molecule has 102 valence electrons. The summed E-state index contributed by atoms with van der Waals surface area (Å²) in [4.78, 5) is 0. The number of aliphatic hydroxyl groups excluding tert-OH is 2. The molecule has 4 heteroatoms. The molecular formula is C16H16N2O2. The minimum atomic E-state index is -0.804. The highest BCUT2D eigenvalue weighted by Gasteiger charge is 2.03. The quantitative estimate of drug-likeness (QED) is 0.646. The molecule has 0 heterocycles. The predicted molar refractivity (Wildman–Crippen MR) is 79.8 cm³/mol. The zero-order chi connectivity index (χ0) is 14.2. The van der Waals surface area contributed by atoms with Gasteiger partial charge in [0.1, 0.15) is 12.2 Å². The molecule has 0 aliphatic carbocycles. The first-order valence-electron chi connectivity index (χ1n) is 6.30. The van der Waals surface area contributed by atoms with Crippen LogP contribution in [0.4, 0.5) is 0 Å². The second kappa shape index (κ2) is 7.33. The summed E-state index contributed by atoms with van der Waals surface area (Å²) < 4.78 is 0. The third-order valence-corrected chi connectivity index (χ3v) is 2.76. The van der Waals surface area contributed by atoms with Gasteiger partial charge in [-0.2, -0.15) is 10.2 Å². The molecule has 0 bridgehead atoms. The van der Waals surface area contributed by atoms with E-state index in [4.69, 9.17) is 0 Å². The van der Waals surface area contributed by atoms with Crippen molar-refractivity contribution < 1.29 is 10.2 Å². The van der Waals surface area contributed by atoms with E-state index in [1.807, 2.05) is 36.4 Å². The highest BCUT2D eigenvalue weighted by atomic mass is 16.3. The molecule has 0 aliphatic rings. The molecule has 0 radical (unpaired) electrons. The van der Waals surface area contributed by atoms with Crippen molar-refractivity contribution in [1.82, 2.24) is 0 Å². The number of benzene rings is 2. The first kappa shape index (κ1) is 14.1. The van der Waals surface area contributed by atoms with Crippen LogP contribution in [0.2, 0.25) is 0 Å². The molecule has 0 saturated carbocycles. The fourth-order valence-corrected chi connectivity index (χ4v) is 1.68. The molecule has 2 rings (SSSR count). The van der Waals surface area contributed by atoms with E-state index < -0.39 is 12.2 Å². The van der Waals surface area contributed by atoms with Gasteiger partial charge in [-0.25, -0.2) is 0 Å². The van der Waals surface area contributed by atoms with Crippen molar-refractivity contribution in [3.8, 4) is 0 Å². The topological polar surface area (TPSA) is 65.2 Å². The van der Waals surface area contributed by atoms with E-state index in [-0.39, 0.29) is 0 Å². The third-order valence-electron chi connectivity index (χ3n) is 2.76. The average Bonchev–Trinajstić information content (AvgIpc) is 2.53. The lowest BCUT2D eigenvalue weighted by atomic mass is 10.1. The van der Waals surface area contributed by atoms with E-state index in [1.54, 1.807) is 24.3 Å². The van der Waals surface area contributed by atoms with Crippen molar-refractivity contribution in [2.24, 2.45) is 10.2 Å². The van der Waals surface area contributed by atoms with Crippen LogP contribution in [0.3, 0.4) is 0 Å². The summed E-state index contributed by atoms with van der Waals surface area (Å²) in [7, 11) is 0. The van der Waals surface area contributed by atoms with Crippen LogP contribution in [0, 0.1) is 0 Å². The molecule has 0 amide bonds. The van der Waals surface area contributed by atoms with Crippen LogP contribution in [-0.2, 0) is 0 Å². The van der Waals surface area contributed by atoms with Gasteiger partial charge in [-0.05, 0) is 11.1 Å². The minimum absolute atomic E-state index is 0.745. The van der Waals surface area contributed by atoms with Crippen LogP contribution in [0.5, 0.6) is 0 Å². The number of aliphatic hydroxyl groups is 2. The fraction of sp³-hybridized carbons (Fsp3) is 0.125. The van der Waals surface area contributed by atoms with Crippen LogP contribution in [0.25, 0.3) is 0 Å². The standard InChI is InChI=1S/C16H16N2O2/c19-15(13-7-3-1-4-8-13)11-17-18-12-16(20)14-9-5-2-6-10-14/h1-12,15-16,19-20H/b17-11+,18-12+. The summed E-state index contributed by atoms with van der Waals surface area (Å²) in [6, 6.07) is 18.3. The van der Waals surface area contributed by atoms with Gasteiger partial charge in [0, 0.05) is 0 Å². The van der Waals surface area contributed by atoms with Crippen LogP contribution >= 0.6 is 0 Å². The van der Waals surface area contributed by atoms with E-state index >= 15 is 0 Å². The number of hydrogen-bond acceptors (Lipinski definition) is 4. The maximum Gasteiger partial charge on any atom is 0.116 e. The maximum absolute atomic E-state index is 9.82. The van der Waals surface area contributed by atoms with Gasteiger partial charge < -0.3 is 10.2 Å². The van der Waals surface area contributed by atoms with Gasteiger partial charge in [0.25, 0.3) is 0 Å². The van der Waals surface area contributed by atoms with Gasteiger partial charge in [0.15, 0.2) is 0 Å². The molecule has 2 aromatic carbocycles. The summed E-state index contributed by atoms with van der Waals surface area (Å²) in [5.74, 6) is 0. The van der Waals surface area contributed by atoms with Crippen molar-refractivity contribution in [3.63, 3.8) is 0 Å². The monoisotopic (exact) mass is 268 g/mol. The Kier molecular flexibility index (Phi) is 5.17. The molecule has 2 N–H and O–H groups in total. The first-order chi connectivity index (χ1) is 9.77. The largest absolute Gasteiger partial charge is 0.383 e. The lowest BCUT2D eigenvalue weighted by Gasteiger charge is -2.04. The maximum atomic E-state index is 9.82. The van der Waals surface area contributed by atoms with Crippen LogP contribution < -0.4 is 0 Å². The van der Waals surface area contributed by atoms with Gasteiger partial charge in [0.2, 0.25) is 0 Å². The van der Waals surface area contributed by atoms with Gasteiger partial charge in [-0.3, -0.25) is 0 Å². The molecular weight excluding hydrogens is 252 g/mol. The molecule has 0 fully saturated rings. The third kappa shape index (κ3) is 4.12. The average molecular weight is 268 g/mol. The second-order valence-corrected chi connectivity index (χ2v) is 4.24. The predicted octanol–water partition coefficient (Wildman–Crippen LogP) is 2.51. The Morgan fingerprint density at radius 3 is 1.35 bits per heavy atom. The first-order valence-corrected chi connectivity index (χ1v) is 6.30. The fourth-order valence-electron chi connectivity index (χ4n) is 1.68. The Hall–Kier alpha value is -2.30. The molecule has 4 nitrogen and oxygen atoms in total. The lowest BCUT2D eigenvalue weighted by molar-refractivity contribution is 0.250. The lowest BCUT2D eigenvalue weighted by Crippen LogP contribution is -1.99. The normalized spacial score (nSPS) is 14.7. The highest BCUT2D eigenvalue weighted by Crippen LogP contribution is 2.10. The zero-order valence-electron chi connectivity index (χ0n) is 10.9. The van der Waals surface area contributed by atoms with E-state index in [9.17, 15) is 10.2 Å². The van der Waals surface area contributed by atoms with Crippen molar-refractivity contribution in [1.29, 1.82) is 0 Å². The van der Waals surface area contributed by atoms with E-state index in [0.29, 0.717) is 0 Å². The van der Waals surface area contributed by atoms with E-state index in [1.165, 1.54) is 12.4 Å². The Bertz CT molecular complexity index is 514. The molecule has 0 spiro atoms. The number of nitrogens with zero attached hydrogens (tertiary/aromatic N) is 2. The Morgan fingerprint density at radius 1 is 0.650 bits per heavy atom. The molecule has 20 heavy (non-hydrogen) atoms. The summed E-state index contributed by atoms with van der Waals surface area (Å²) >= 11 is 0. The van der Waals surface area contributed by atoms with Crippen molar-refractivity contribution >= 4 is 12.4 Å². The van der Waals surface area contributed by atoms with Crippen molar-refractivity contribution in [3.05, 3.63) is 71.8 Å². The SMILES string of the molecule is OC(/C=N/N=C/C(O)c1ccccc1)c1ccccc1. The summed E-state index contributed by atoms with van der Waals surface area (Å²) in [5, 5.41) is 27.1. The van der Waals surface area contributed by atoms with Crippen molar-refractivity contribution in [2.45, 2.75) is 12.2 Å². The Labute approximate surface area is 117 Å². The molecule has 0 saturated heterocycles. The molecule has 2 unspecified atom stereocenters. The smallest absolute Gasteiger partial charge is 0.116 e. The number of rotatable bonds is 5. The van der Waals surface area contributed by atoms with Crippen LogP contribution in [-0.4, -0.2) is 22.6 Å². The molecule has 2 atom stereocenters. The zero-order valence-corrected chi connectivity index (χ0v) is 10.9. The second-order valence-electron chi connectivity index (χ2n) is 4.24. The molecule has 2 aromatic rings. The highest BCUT2D eigenvalue weighted by molar-refractivity contribution is 5.69. The Morgan fingerprint density at radius 2 is 1.00 bits per heavy atom.